The summed E-state index contributed by atoms with van der Waals surface area (Å²) in [7, 11) is 0. The lowest BCUT2D eigenvalue weighted by molar-refractivity contribution is -0.135. The molecule has 0 aromatic heterocycles. The molecular weight excluding hydrogens is 332 g/mol. The van der Waals surface area contributed by atoms with Gasteiger partial charge in [-0.3, -0.25) is 9.69 Å². The Balaban J connectivity index is 1.42. The average Bonchev–Trinajstić information content (AvgIpc) is 2.68. The molecule has 0 saturated carbocycles. The van der Waals surface area contributed by atoms with Crippen LogP contribution < -0.4 is 4.74 Å². The van der Waals surface area contributed by atoms with Crippen molar-refractivity contribution in [3.05, 3.63) is 60.2 Å². The van der Waals surface area contributed by atoms with E-state index in [1.807, 2.05) is 35.2 Å². The van der Waals surface area contributed by atoms with Gasteiger partial charge in [0, 0.05) is 37.6 Å². The lowest BCUT2D eigenvalue weighted by atomic mass is 10.2. The Labute approximate surface area is 153 Å². The Kier molecular flexibility index (Phi) is 6.36. The third-order valence-electron chi connectivity index (χ3n) is 4.40. The molecule has 0 bridgehead atoms. The molecule has 0 unspecified atom stereocenters. The number of hydrogen-bond acceptors (Lipinski definition) is 4. The van der Waals surface area contributed by atoms with Crippen LogP contribution in [0.15, 0.2) is 59.5 Å². The molecule has 25 heavy (non-hydrogen) atoms. The summed E-state index contributed by atoms with van der Waals surface area (Å²) in [4.78, 5) is 17.9. The summed E-state index contributed by atoms with van der Waals surface area (Å²) in [6, 6.07) is 18.2. The predicted molar refractivity (Wildman–Crippen MR) is 102 cm³/mol. The standard InChI is InChI=1S/C20H24N2O2S/c1-25-19-9-7-17(8-10-19)15-21-11-13-22(14-12-21)20(23)16-24-18-5-3-2-4-6-18/h2-10H,11-16H2,1H3. The van der Waals surface area contributed by atoms with Crippen molar-refractivity contribution < 1.29 is 9.53 Å². The molecule has 0 aliphatic carbocycles. The molecule has 1 fully saturated rings. The topological polar surface area (TPSA) is 32.8 Å². The molecule has 5 heteroatoms. The van der Waals surface area contributed by atoms with Gasteiger partial charge in [-0.2, -0.15) is 0 Å². The zero-order valence-corrected chi connectivity index (χ0v) is 15.4. The number of carbonyl (C=O) groups excluding carboxylic acids is 1. The summed E-state index contributed by atoms with van der Waals surface area (Å²) in [6.07, 6.45) is 2.09. The zero-order valence-electron chi connectivity index (χ0n) is 14.6. The van der Waals surface area contributed by atoms with Crippen molar-refractivity contribution in [3.8, 4) is 5.75 Å². The number of carbonyl (C=O) groups is 1. The summed E-state index contributed by atoms with van der Waals surface area (Å²) in [6.45, 7) is 4.39. The molecule has 2 aromatic carbocycles. The van der Waals surface area contributed by atoms with Gasteiger partial charge in [-0.15, -0.1) is 11.8 Å². The first-order valence-corrected chi connectivity index (χ1v) is 9.78. The normalized spacial score (nSPS) is 15.2. The second kappa shape index (κ2) is 8.92. The lowest BCUT2D eigenvalue weighted by Gasteiger charge is -2.34. The van der Waals surface area contributed by atoms with E-state index < -0.39 is 0 Å². The first-order chi connectivity index (χ1) is 12.2. The molecule has 0 spiro atoms. The number of rotatable bonds is 6. The van der Waals surface area contributed by atoms with Gasteiger partial charge in [0.1, 0.15) is 5.75 Å². The zero-order chi connectivity index (χ0) is 17.5. The molecule has 3 rings (SSSR count). The maximum Gasteiger partial charge on any atom is 0.260 e. The van der Waals surface area contributed by atoms with E-state index in [1.54, 1.807) is 11.8 Å². The van der Waals surface area contributed by atoms with E-state index in [0.29, 0.717) is 0 Å². The van der Waals surface area contributed by atoms with Crippen molar-refractivity contribution >= 4 is 17.7 Å². The highest BCUT2D eigenvalue weighted by Gasteiger charge is 2.21. The number of hydrogen-bond donors (Lipinski definition) is 0. The van der Waals surface area contributed by atoms with Crippen molar-refractivity contribution in [2.24, 2.45) is 0 Å². The van der Waals surface area contributed by atoms with Crippen LogP contribution in [0.5, 0.6) is 5.75 Å². The van der Waals surface area contributed by atoms with Gasteiger partial charge in [0.05, 0.1) is 0 Å². The predicted octanol–water partition coefficient (Wildman–Crippen LogP) is 3.13. The molecule has 4 nitrogen and oxygen atoms in total. The number of amides is 1. The maximum atomic E-state index is 12.3. The summed E-state index contributed by atoms with van der Waals surface area (Å²) in [5.74, 6) is 0.802. The monoisotopic (exact) mass is 356 g/mol. The first-order valence-electron chi connectivity index (χ1n) is 8.55. The Hall–Kier alpha value is -1.98. The number of ether oxygens (including phenoxy) is 1. The first kappa shape index (κ1) is 17.8. The van der Waals surface area contributed by atoms with Crippen LogP contribution in [0.2, 0.25) is 0 Å². The number of para-hydroxylation sites is 1. The smallest absolute Gasteiger partial charge is 0.260 e. The van der Waals surface area contributed by atoms with Gasteiger partial charge < -0.3 is 9.64 Å². The molecule has 0 atom stereocenters. The van der Waals surface area contributed by atoms with Crippen molar-refractivity contribution in [2.45, 2.75) is 11.4 Å². The van der Waals surface area contributed by atoms with Gasteiger partial charge in [-0.1, -0.05) is 30.3 Å². The highest BCUT2D eigenvalue weighted by Crippen LogP contribution is 2.16. The minimum absolute atomic E-state index is 0.0628. The fourth-order valence-corrected chi connectivity index (χ4v) is 3.31. The van der Waals surface area contributed by atoms with Crippen LogP contribution in [-0.2, 0) is 11.3 Å². The molecule has 2 aromatic rings. The van der Waals surface area contributed by atoms with E-state index in [9.17, 15) is 4.79 Å². The molecule has 1 aliphatic heterocycles. The van der Waals surface area contributed by atoms with Crippen LogP contribution in [0.4, 0.5) is 0 Å². The summed E-state index contributed by atoms with van der Waals surface area (Å²) in [5, 5.41) is 0. The quantitative estimate of drug-likeness (QED) is 0.745. The van der Waals surface area contributed by atoms with Crippen molar-refractivity contribution in [2.75, 3.05) is 39.0 Å². The van der Waals surface area contributed by atoms with Crippen LogP contribution in [0.1, 0.15) is 5.56 Å². The number of benzene rings is 2. The molecule has 1 heterocycles. The molecule has 1 saturated heterocycles. The van der Waals surface area contributed by atoms with E-state index in [-0.39, 0.29) is 12.5 Å². The highest BCUT2D eigenvalue weighted by atomic mass is 32.2. The third kappa shape index (κ3) is 5.25. The van der Waals surface area contributed by atoms with E-state index in [2.05, 4.69) is 35.4 Å². The van der Waals surface area contributed by atoms with Gasteiger partial charge in [0.2, 0.25) is 0 Å². The molecular formula is C20H24N2O2S. The van der Waals surface area contributed by atoms with Gasteiger partial charge in [0.25, 0.3) is 5.91 Å². The Morgan fingerprint density at radius 1 is 1.00 bits per heavy atom. The summed E-state index contributed by atoms with van der Waals surface area (Å²) in [5.41, 5.74) is 1.32. The van der Waals surface area contributed by atoms with Crippen LogP contribution in [-0.4, -0.2) is 54.7 Å². The molecule has 0 radical (unpaired) electrons. The number of nitrogens with zero attached hydrogens (tertiary/aromatic N) is 2. The highest BCUT2D eigenvalue weighted by molar-refractivity contribution is 7.98. The van der Waals surface area contributed by atoms with Crippen molar-refractivity contribution in [1.82, 2.24) is 9.80 Å². The van der Waals surface area contributed by atoms with E-state index in [1.165, 1.54) is 10.5 Å². The van der Waals surface area contributed by atoms with Crippen molar-refractivity contribution in [1.29, 1.82) is 0 Å². The summed E-state index contributed by atoms with van der Waals surface area (Å²) >= 11 is 1.76. The average molecular weight is 356 g/mol. The number of piperazine rings is 1. The van der Waals surface area contributed by atoms with Gasteiger partial charge >= 0.3 is 0 Å². The molecule has 1 amide bonds. The molecule has 1 aliphatic rings. The molecule has 132 valence electrons. The Morgan fingerprint density at radius 3 is 2.32 bits per heavy atom. The van der Waals surface area contributed by atoms with Crippen LogP contribution in [0, 0.1) is 0 Å². The van der Waals surface area contributed by atoms with E-state index in [4.69, 9.17) is 4.74 Å². The van der Waals surface area contributed by atoms with E-state index >= 15 is 0 Å². The SMILES string of the molecule is CSc1ccc(CN2CCN(C(=O)COc3ccccc3)CC2)cc1. The lowest BCUT2D eigenvalue weighted by Crippen LogP contribution is -2.49. The van der Waals surface area contributed by atoms with Gasteiger partial charge in [0.15, 0.2) is 6.61 Å². The van der Waals surface area contributed by atoms with Crippen LogP contribution in [0.25, 0.3) is 0 Å². The minimum atomic E-state index is 0.0628. The van der Waals surface area contributed by atoms with E-state index in [0.717, 1.165) is 38.5 Å². The van der Waals surface area contributed by atoms with Crippen molar-refractivity contribution in [3.63, 3.8) is 0 Å². The third-order valence-corrected chi connectivity index (χ3v) is 5.14. The Morgan fingerprint density at radius 2 is 1.68 bits per heavy atom. The van der Waals surface area contributed by atoms with Gasteiger partial charge in [-0.05, 0) is 36.1 Å². The largest absolute Gasteiger partial charge is 0.484 e. The molecule has 0 N–H and O–H groups in total. The Bertz CT molecular complexity index is 668. The van der Waals surface area contributed by atoms with Crippen LogP contribution in [0.3, 0.4) is 0 Å². The second-order valence-electron chi connectivity index (χ2n) is 6.11. The number of thioether (sulfide) groups is 1. The fraction of sp³-hybridized carbons (Fsp3) is 0.350. The van der Waals surface area contributed by atoms with Crippen LogP contribution >= 0.6 is 11.8 Å². The summed E-state index contributed by atoms with van der Waals surface area (Å²) < 4.78 is 5.56. The fourth-order valence-electron chi connectivity index (χ4n) is 2.90. The second-order valence-corrected chi connectivity index (χ2v) is 6.99. The minimum Gasteiger partial charge on any atom is -0.484 e. The van der Waals surface area contributed by atoms with Gasteiger partial charge in [-0.25, -0.2) is 0 Å². The maximum absolute atomic E-state index is 12.3.